The quantitative estimate of drug-likeness (QED) is 0.644. The van der Waals surface area contributed by atoms with E-state index in [1.807, 2.05) is 37.3 Å². The van der Waals surface area contributed by atoms with Crippen LogP contribution in [0.2, 0.25) is 5.02 Å². The summed E-state index contributed by atoms with van der Waals surface area (Å²) < 4.78 is 16.0. The summed E-state index contributed by atoms with van der Waals surface area (Å²) in [5.41, 5.74) is 2.33. The van der Waals surface area contributed by atoms with Crippen molar-refractivity contribution in [1.29, 1.82) is 0 Å². The van der Waals surface area contributed by atoms with Gasteiger partial charge in [0, 0.05) is 6.54 Å². The zero-order valence-corrected chi connectivity index (χ0v) is 16.4. The van der Waals surface area contributed by atoms with Gasteiger partial charge in [0.2, 0.25) is 0 Å². The van der Waals surface area contributed by atoms with Crippen molar-refractivity contribution < 1.29 is 14.2 Å². The Balaban J connectivity index is 0.00000312. The highest BCUT2D eigenvalue weighted by Crippen LogP contribution is 2.28. The number of halogens is 2. The van der Waals surface area contributed by atoms with E-state index in [1.165, 1.54) is 5.56 Å². The van der Waals surface area contributed by atoms with Crippen molar-refractivity contribution >= 4 is 24.0 Å². The van der Waals surface area contributed by atoms with E-state index < -0.39 is 0 Å². The Morgan fingerprint density at radius 2 is 1.60 bits per heavy atom. The second kappa shape index (κ2) is 11.1. The van der Waals surface area contributed by atoms with Crippen molar-refractivity contribution in [2.75, 3.05) is 27.4 Å². The van der Waals surface area contributed by atoms with E-state index in [2.05, 4.69) is 11.4 Å². The smallest absolute Gasteiger partial charge is 0.160 e. The van der Waals surface area contributed by atoms with Gasteiger partial charge in [0.25, 0.3) is 0 Å². The Morgan fingerprint density at radius 3 is 2.24 bits per heavy atom. The molecule has 1 N–H and O–H groups in total. The molecule has 0 aliphatic heterocycles. The largest absolute Gasteiger partial charge is 0.493 e. The van der Waals surface area contributed by atoms with Crippen LogP contribution in [0.25, 0.3) is 0 Å². The minimum atomic E-state index is 0. The lowest BCUT2D eigenvalue weighted by Gasteiger charge is -2.11. The number of benzene rings is 2. The van der Waals surface area contributed by atoms with Gasteiger partial charge in [-0.25, -0.2) is 0 Å². The Kier molecular flexibility index (Phi) is 9.50. The van der Waals surface area contributed by atoms with Crippen molar-refractivity contribution in [3.8, 4) is 17.2 Å². The van der Waals surface area contributed by atoms with Crippen LogP contribution in [0.3, 0.4) is 0 Å². The third-order valence-electron chi connectivity index (χ3n) is 3.66. The first-order valence-corrected chi connectivity index (χ1v) is 8.38. The molecule has 4 nitrogen and oxygen atoms in total. The minimum absolute atomic E-state index is 0. The number of hydrogen-bond donors (Lipinski definition) is 1. The molecule has 0 aromatic heterocycles. The Hall–Kier alpha value is -1.62. The summed E-state index contributed by atoms with van der Waals surface area (Å²) in [5, 5.41) is 4.07. The SMILES string of the molecule is CCOc1ccc(CNCCc2ccc(OC)c(OC)c2)cc1Cl.Cl. The van der Waals surface area contributed by atoms with E-state index in [1.54, 1.807) is 14.2 Å². The maximum absolute atomic E-state index is 6.20. The topological polar surface area (TPSA) is 39.7 Å². The molecule has 2 aromatic carbocycles. The second-order valence-corrected chi connectivity index (χ2v) is 5.72. The number of rotatable bonds is 9. The standard InChI is InChI=1S/C19H24ClNO3.ClH/c1-4-24-17-7-6-15(11-16(17)20)13-21-10-9-14-5-8-18(22-2)19(12-14)23-3;/h5-8,11-12,21H,4,9-10,13H2,1-3H3;1H. The van der Waals surface area contributed by atoms with Crippen molar-refractivity contribution in [3.05, 3.63) is 52.5 Å². The lowest BCUT2D eigenvalue weighted by molar-refractivity contribution is 0.340. The van der Waals surface area contributed by atoms with Gasteiger partial charge in [0.1, 0.15) is 5.75 Å². The van der Waals surface area contributed by atoms with Crippen LogP contribution in [-0.4, -0.2) is 27.4 Å². The van der Waals surface area contributed by atoms with E-state index in [4.69, 9.17) is 25.8 Å². The van der Waals surface area contributed by atoms with E-state index in [0.29, 0.717) is 11.6 Å². The summed E-state index contributed by atoms with van der Waals surface area (Å²) in [5.74, 6) is 2.24. The van der Waals surface area contributed by atoms with Crippen LogP contribution in [0.4, 0.5) is 0 Å². The maximum Gasteiger partial charge on any atom is 0.160 e. The normalized spacial score (nSPS) is 10.1. The highest BCUT2D eigenvalue weighted by molar-refractivity contribution is 6.32. The van der Waals surface area contributed by atoms with Gasteiger partial charge in [-0.15, -0.1) is 12.4 Å². The number of ether oxygens (including phenoxy) is 3. The highest BCUT2D eigenvalue weighted by Gasteiger charge is 2.05. The molecule has 2 rings (SSSR count). The highest BCUT2D eigenvalue weighted by atomic mass is 35.5. The summed E-state index contributed by atoms with van der Waals surface area (Å²) in [6.45, 7) is 4.18. The predicted molar refractivity (Wildman–Crippen MR) is 105 cm³/mol. The molecule has 25 heavy (non-hydrogen) atoms. The molecule has 0 aliphatic carbocycles. The van der Waals surface area contributed by atoms with E-state index in [0.717, 1.165) is 42.3 Å². The first-order chi connectivity index (χ1) is 11.7. The third-order valence-corrected chi connectivity index (χ3v) is 3.96. The molecule has 138 valence electrons. The molecular formula is C19H25Cl2NO3. The number of hydrogen-bond acceptors (Lipinski definition) is 4. The predicted octanol–water partition coefficient (Wildman–Crippen LogP) is 4.51. The molecule has 0 spiro atoms. The molecule has 0 saturated carbocycles. The van der Waals surface area contributed by atoms with Crippen molar-refractivity contribution in [2.45, 2.75) is 19.9 Å². The summed E-state index contributed by atoms with van der Waals surface area (Å²) in [4.78, 5) is 0. The molecule has 0 bridgehead atoms. The molecule has 0 aliphatic rings. The van der Waals surface area contributed by atoms with Gasteiger partial charge < -0.3 is 19.5 Å². The summed E-state index contributed by atoms with van der Waals surface area (Å²) in [6.07, 6.45) is 0.908. The molecule has 0 amide bonds. The van der Waals surface area contributed by atoms with Gasteiger partial charge in [0.05, 0.1) is 25.8 Å². The monoisotopic (exact) mass is 385 g/mol. The molecule has 6 heteroatoms. The Labute approximate surface area is 160 Å². The van der Waals surface area contributed by atoms with Gasteiger partial charge in [-0.05, 0) is 55.3 Å². The van der Waals surface area contributed by atoms with E-state index in [-0.39, 0.29) is 12.4 Å². The van der Waals surface area contributed by atoms with Crippen LogP contribution in [0.15, 0.2) is 36.4 Å². The maximum atomic E-state index is 6.20. The Morgan fingerprint density at radius 1 is 0.920 bits per heavy atom. The molecule has 0 radical (unpaired) electrons. The molecule has 0 atom stereocenters. The summed E-state index contributed by atoms with van der Waals surface area (Å²) >= 11 is 6.20. The molecule has 0 heterocycles. The number of methoxy groups -OCH3 is 2. The summed E-state index contributed by atoms with van der Waals surface area (Å²) in [6, 6.07) is 11.9. The van der Waals surface area contributed by atoms with Crippen LogP contribution in [0, 0.1) is 0 Å². The minimum Gasteiger partial charge on any atom is -0.493 e. The average Bonchev–Trinajstić information content (AvgIpc) is 2.60. The van der Waals surface area contributed by atoms with Crippen molar-refractivity contribution in [3.63, 3.8) is 0 Å². The number of nitrogens with one attached hydrogen (secondary N) is 1. The van der Waals surface area contributed by atoms with Crippen LogP contribution in [0.5, 0.6) is 17.2 Å². The van der Waals surface area contributed by atoms with Crippen LogP contribution in [0.1, 0.15) is 18.1 Å². The molecule has 0 unspecified atom stereocenters. The fourth-order valence-electron chi connectivity index (χ4n) is 2.43. The second-order valence-electron chi connectivity index (χ2n) is 5.31. The molecule has 0 fully saturated rings. The zero-order valence-electron chi connectivity index (χ0n) is 14.8. The fraction of sp³-hybridized carbons (Fsp3) is 0.368. The van der Waals surface area contributed by atoms with E-state index >= 15 is 0 Å². The zero-order chi connectivity index (χ0) is 17.4. The average molecular weight is 386 g/mol. The van der Waals surface area contributed by atoms with Gasteiger partial charge in [0.15, 0.2) is 11.5 Å². The lowest BCUT2D eigenvalue weighted by atomic mass is 10.1. The third kappa shape index (κ3) is 6.31. The lowest BCUT2D eigenvalue weighted by Crippen LogP contribution is -2.16. The Bertz CT molecular complexity index is 665. The van der Waals surface area contributed by atoms with E-state index in [9.17, 15) is 0 Å². The molecular weight excluding hydrogens is 361 g/mol. The van der Waals surface area contributed by atoms with Crippen LogP contribution >= 0.6 is 24.0 Å². The van der Waals surface area contributed by atoms with Crippen molar-refractivity contribution in [1.82, 2.24) is 5.32 Å². The van der Waals surface area contributed by atoms with Gasteiger partial charge in [-0.3, -0.25) is 0 Å². The fourth-order valence-corrected chi connectivity index (χ4v) is 2.69. The molecule has 0 saturated heterocycles. The van der Waals surface area contributed by atoms with Gasteiger partial charge >= 0.3 is 0 Å². The van der Waals surface area contributed by atoms with Gasteiger partial charge in [-0.1, -0.05) is 23.7 Å². The summed E-state index contributed by atoms with van der Waals surface area (Å²) in [7, 11) is 3.29. The first kappa shape index (κ1) is 21.4. The van der Waals surface area contributed by atoms with Gasteiger partial charge in [-0.2, -0.15) is 0 Å². The van der Waals surface area contributed by atoms with Crippen LogP contribution in [-0.2, 0) is 13.0 Å². The van der Waals surface area contributed by atoms with Crippen LogP contribution < -0.4 is 19.5 Å². The first-order valence-electron chi connectivity index (χ1n) is 8.00. The van der Waals surface area contributed by atoms with Crippen molar-refractivity contribution in [2.24, 2.45) is 0 Å². The molecule has 2 aromatic rings.